The summed E-state index contributed by atoms with van der Waals surface area (Å²) in [7, 11) is 0. The third kappa shape index (κ3) is 10.8. The van der Waals surface area contributed by atoms with Gasteiger partial charge in [-0.25, -0.2) is 4.79 Å². The molecule has 240 valence electrons. The Hall–Kier alpha value is -4.11. The summed E-state index contributed by atoms with van der Waals surface area (Å²) in [6.45, 7) is 13.8. The lowest BCUT2D eigenvalue weighted by Gasteiger charge is -2.20. The molecule has 0 heterocycles. The Morgan fingerprint density at radius 2 is 1.49 bits per heavy atom. The highest BCUT2D eigenvalue weighted by atomic mass is 16.6. The van der Waals surface area contributed by atoms with Gasteiger partial charge in [0.15, 0.2) is 0 Å². The summed E-state index contributed by atoms with van der Waals surface area (Å²) in [5, 5.41) is 11.8. The lowest BCUT2D eigenvalue weighted by Crippen LogP contribution is -2.32. The predicted molar refractivity (Wildman–Crippen MR) is 177 cm³/mol. The molecule has 0 saturated carbocycles. The molecule has 0 bridgehead atoms. The van der Waals surface area contributed by atoms with Crippen molar-refractivity contribution in [2.45, 2.75) is 40.2 Å². The fraction of sp³-hybridized carbons (Fsp3) is 0.378. The molecule has 4 aromatic carbocycles. The van der Waals surface area contributed by atoms with Gasteiger partial charge in [0.05, 0.1) is 19.8 Å². The number of aromatic hydroxyl groups is 1. The highest BCUT2D eigenvalue weighted by molar-refractivity contribution is 5.96. The van der Waals surface area contributed by atoms with E-state index in [4.69, 9.17) is 23.7 Å². The standard InChI is InChI=1S/C37H45NO7/c1-6-38(19-21-41-23-24-42-26-35(40)45-37(3,4)5)20-22-43-31-13-15-32(16-14-31)44-36-33(28-9-7-27(2)8-10-28)17-11-29-25-30(39)12-18-34(29)36/h7-18,25,39H,6,19-24,26H2,1-5H3. The van der Waals surface area contributed by atoms with Crippen LogP contribution in [0.15, 0.2) is 78.9 Å². The van der Waals surface area contributed by atoms with Gasteiger partial charge in [0, 0.05) is 24.0 Å². The van der Waals surface area contributed by atoms with Crippen LogP contribution in [0.2, 0.25) is 0 Å². The smallest absolute Gasteiger partial charge is 0.332 e. The van der Waals surface area contributed by atoms with Crippen LogP contribution in [0.3, 0.4) is 0 Å². The molecule has 0 aromatic heterocycles. The van der Waals surface area contributed by atoms with Crippen LogP contribution in [0.25, 0.3) is 21.9 Å². The Kier molecular flexibility index (Phi) is 12.2. The average Bonchev–Trinajstić information content (AvgIpc) is 3.00. The number of fused-ring (bicyclic) bond motifs is 1. The first-order chi connectivity index (χ1) is 21.6. The molecule has 1 N–H and O–H groups in total. The third-order valence-corrected chi connectivity index (χ3v) is 7.05. The number of phenolic OH excluding ortho intramolecular Hbond substituents is 1. The van der Waals surface area contributed by atoms with Gasteiger partial charge < -0.3 is 28.8 Å². The number of carbonyl (C=O) groups is 1. The number of ether oxygens (including phenoxy) is 5. The Morgan fingerprint density at radius 3 is 2.20 bits per heavy atom. The summed E-state index contributed by atoms with van der Waals surface area (Å²) < 4.78 is 28.7. The van der Waals surface area contributed by atoms with E-state index in [-0.39, 0.29) is 18.3 Å². The predicted octanol–water partition coefficient (Wildman–Crippen LogP) is 7.39. The quantitative estimate of drug-likeness (QED) is 0.103. The number of phenols is 1. The molecule has 4 aromatic rings. The number of esters is 1. The molecule has 8 heteroatoms. The fourth-order valence-electron chi connectivity index (χ4n) is 4.74. The van der Waals surface area contributed by atoms with Gasteiger partial charge >= 0.3 is 5.97 Å². The summed E-state index contributed by atoms with van der Waals surface area (Å²) >= 11 is 0. The minimum atomic E-state index is -0.514. The van der Waals surface area contributed by atoms with Gasteiger partial charge in [-0.2, -0.15) is 0 Å². The number of hydrogen-bond donors (Lipinski definition) is 1. The normalized spacial score (nSPS) is 11.6. The summed E-state index contributed by atoms with van der Waals surface area (Å²) in [6, 6.07) is 25.3. The molecule has 0 fully saturated rings. The van der Waals surface area contributed by atoms with E-state index in [0.717, 1.165) is 53.0 Å². The van der Waals surface area contributed by atoms with Crippen LogP contribution in [-0.2, 0) is 19.0 Å². The zero-order valence-electron chi connectivity index (χ0n) is 27.0. The fourth-order valence-corrected chi connectivity index (χ4v) is 4.74. The average molecular weight is 616 g/mol. The second kappa shape index (κ2) is 16.3. The molecule has 0 atom stereocenters. The topological polar surface area (TPSA) is 86.7 Å². The maximum Gasteiger partial charge on any atom is 0.332 e. The molecule has 0 unspecified atom stereocenters. The van der Waals surface area contributed by atoms with Crippen LogP contribution >= 0.6 is 0 Å². The Bertz CT molecular complexity index is 1510. The van der Waals surface area contributed by atoms with Crippen LogP contribution in [0.5, 0.6) is 23.0 Å². The number of hydrogen-bond acceptors (Lipinski definition) is 8. The highest BCUT2D eigenvalue weighted by Gasteiger charge is 2.16. The molecule has 0 saturated heterocycles. The van der Waals surface area contributed by atoms with E-state index in [1.54, 1.807) is 12.1 Å². The van der Waals surface area contributed by atoms with Crippen molar-refractivity contribution in [2.75, 3.05) is 52.7 Å². The van der Waals surface area contributed by atoms with E-state index < -0.39 is 5.60 Å². The van der Waals surface area contributed by atoms with Gasteiger partial charge in [-0.05, 0) is 93.7 Å². The second-order valence-corrected chi connectivity index (χ2v) is 11.8. The number of likely N-dealkylation sites (N-methyl/N-ethyl adjacent to an activating group) is 1. The van der Waals surface area contributed by atoms with Crippen LogP contribution in [0, 0.1) is 6.92 Å². The molecular weight excluding hydrogens is 570 g/mol. The van der Waals surface area contributed by atoms with Crippen molar-refractivity contribution >= 4 is 16.7 Å². The molecule has 0 aliphatic heterocycles. The van der Waals surface area contributed by atoms with Gasteiger partial charge in [0.2, 0.25) is 0 Å². The molecule has 8 nitrogen and oxygen atoms in total. The third-order valence-electron chi connectivity index (χ3n) is 7.05. The van der Waals surface area contributed by atoms with Crippen molar-refractivity contribution in [3.05, 3.63) is 84.4 Å². The molecule has 4 rings (SSSR count). The zero-order chi connectivity index (χ0) is 32.2. The molecule has 0 spiro atoms. The lowest BCUT2D eigenvalue weighted by molar-refractivity contribution is -0.160. The van der Waals surface area contributed by atoms with E-state index in [1.807, 2.05) is 63.2 Å². The maximum absolute atomic E-state index is 11.7. The monoisotopic (exact) mass is 615 g/mol. The minimum Gasteiger partial charge on any atom is -0.508 e. The molecular formula is C37H45NO7. The van der Waals surface area contributed by atoms with Crippen molar-refractivity contribution in [3.63, 3.8) is 0 Å². The first-order valence-electron chi connectivity index (χ1n) is 15.4. The lowest BCUT2D eigenvalue weighted by atomic mass is 9.98. The largest absolute Gasteiger partial charge is 0.508 e. The van der Waals surface area contributed by atoms with Crippen molar-refractivity contribution in [3.8, 4) is 34.1 Å². The van der Waals surface area contributed by atoms with Crippen LogP contribution in [-0.4, -0.2) is 74.2 Å². The Balaban J connectivity index is 1.25. The van der Waals surface area contributed by atoms with Crippen LogP contribution < -0.4 is 9.47 Å². The van der Waals surface area contributed by atoms with Crippen molar-refractivity contribution in [1.29, 1.82) is 0 Å². The summed E-state index contributed by atoms with van der Waals surface area (Å²) in [6.07, 6.45) is 0. The van der Waals surface area contributed by atoms with Gasteiger partial charge in [-0.3, -0.25) is 4.90 Å². The Morgan fingerprint density at radius 1 is 0.800 bits per heavy atom. The van der Waals surface area contributed by atoms with Gasteiger partial charge in [-0.1, -0.05) is 42.8 Å². The number of benzene rings is 4. The van der Waals surface area contributed by atoms with Crippen molar-refractivity contribution in [2.24, 2.45) is 0 Å². The van der Waals surface area contributed by atoms with Crippen LogP contribution in [0.1, 0.15) is 33.3 Å². The van der Waals surface area contributed by atoms with Crippen molar-refractivity contribution in [1.82, 2.24) is 4.90 Å². The number of nitrogens with zero attached hydrogens (tertiary/aromatic N) is 1. The summed E-state index contributed by atoms with van der Waals surface area (Å²) in [5.74, 6) is 2.03. The molecule has 0 radical (unpaired) electrons. The number of rotatable bonds is 16. The molecule has 0 aliphatic rings. The first-order valence-corrected chi connectivity index (χ1v) is 15.4. The maximum atomic E-state index is 11.7. The van der Waals surface area contributed by atoms with Crippen molar-refractivity contribution < 1.29 is 33.6 Å². The summed E-state index contributed by atoms with van der Waals surface area (Å²) in [4.78, 5) is 13.9. The van der Waals surface area contributed by atoms with E-state index in [0.29, 0.717) is 32.2 Å². The number of aryl methyl sites for hydroxylation is 1. The van der Waals surface area contributed by atoms with Gasteiger partial charge in [0.1, 0.15) is 41.8 Å². The Labute approximate surface area is 266 Å². The molecule has 0 aliphatic carbocycles. The highest BCUT2D eigenvalue weighted by Crippen LogP contribution is 2.40. The molecule has 0 amide bonds. The minimum absolute atomic E-state index is 0.0742. The first kappa shape index (κ1) is 33.8. The van der Waals surface area contributed by atoms with Gasteiger partial charge in [0.25, 0.3) is 0 Å². The SMILES string of the molecule is CCN(CCOCCOCC(=O)OC(C)(C)C)CCOc1ccc(Oc2c(-c3ccc(C)cc3)ccc3cc(O)ccc23)cc1. The molecule has 45 heavy (non-hydrogen) atoms. The number of carbonyl (C=O) groups excluding carboxylic acids is 1. The van der Waals surface area contributed by atoms with E-state index in [9.17, 15) is 9.90 Å². The summed E-state index contributed by atoms with van der Waals surface area (Å²) in [5.41, 5.74) is 2.71. The van der Waals surface area contributed by atoms with E-state index in [2.05, 4.69) is 43.0 Å². The van der Waals surface area contributed by atoms with Gasteiger partial charge in [-0.15, -0.1) is 0 Å². The van der Waals surface area contributed by atoms with E-state index in [1.165, 1.54) is 5.56 Å². The second-order valence-electron chi connectivity index (χ2n) is 11.8. The zero-order valence-corrected chi connectivity index (χ0v) is 27.0. The van der Waals surface area contributed by atoms with E-state index >= 15 is 0 Å². The van der Waals surface area contributed by atoms with Crippen LogP contribution in [0.4, 0.5) is 0 Å².